The van der Waals surface area contributed by atoms with E-state index in [0.717, 1.165) is 26.6 Å². The number of aryl methyl sites for hydroxylation is 4. The molecule has 0 bridgehead atoms. The van der Waals surface area contributed by atoms with Crippen molar-refractivity contribution >= 4 is 43.8 Å². The Labute approximate surface area is 261 Å². The molecule has 4 aromatic rings. The van der Waals surface area contributed by atoms with Crippen molar-refractivity contribution in [3.63, 3.8) is 0 Å². The highest BCUT2D eigenvalue weighted by molar-refractivity contribution is 9.10. The van der Waals surface area contributed by atoms with E-state index in [4.69, 9.17) is 9.47 Å². The average Bonchev–Trinajstić information content (AvgIpc) is 2.96. The molecule has 0 aliphatic heterocycles. The number of rotatable bonds is 11. The van der Waals surface area contributed by atoms with E-state index in [-0.39, 0.29) is 4.90 Å². The van der Waals surface area contributed by atoms with Gasteiger partial charge in [-0.05, 0) is 90.6 Å². The molecule has 224 valence electrons. The second kappa shape index (κ2) is 13.9. The fourth-order valence-corrected chi connectivity index (χ4v) is 6.42. The maximum absolute atomic E-state index is 13.7. The highest BCUT2D eigenvalue weighted by Crippen LogP contribution is 2.37. The maximum Gasteiger partial charge on any atom is 0.264 e. The molecular weight excluding hydrogens is 630 g/mol. The molecule has 4 aromatic carbocycles. The number of benzene rings is 4. The monoisotopic (exact) mass is 663 g/mol. The first-order chi connectivity index (χ1) is 20.5. The molecule has 0 aromatic heterocycles. The fraction of sp³-hybridized carbons (Fsp3) is 0.212. The first-order valence-corrected chi connectivity index (χ1v) is 15.8. The minimum absolute atomic E-state index is 0.0935. The molecule has 0 saturated heterocycles. The zero-order valence-electron chi connectivity index (χ0n) is 24.7. The van der Waals surface area contributed by atoms with Crippen molar-refractivity contribution in [2.45, 2.75) is 39.2 Å². The Kier molecular flexibility index (Phi) is 10.3. The summed E-state index contributed by atoms with van der Waals surface area (Å²) in [5, 5.41) is 4.08. The number of hydrogen-bond donors (Lipinski definition) is 1. The van der Waals surface area contributed by atoms with Crippen LogP contribution in [-0.2, 0) is 21.4 Å². The first kappa shape index (κ1) is 31.8. The van der Waals surface area contributed by atoms with Crippen molar-refractivity contribution in [3.8, 4) is 11.5 Å². The number of carbonyl (C=O) groups is 1. The molecule has 0 unspecified atom stereocenters. The Hall–Kier alpha value is -4.15. The smallest absolute Gasteiger partial charge is 0.264 e. The van der Waals surface area contributed by atoms with Crippen molar-refractivity contribution in [1.82, 2.24) is 5.43 Å². The standard InChI is InChI=1S/C33H34BrN3O5S/c1-22-6-11-26(12-7-22)21-42-33-29(34)17-27(18-31(33)41-5)19-35-36-32(38)20-37(30-15-10-24(3)16-25(30)4)43(39,40)28-13-8-23(2)9-14-28/h6-19H,20-21H2,1-5H3,(H,36,38)/b35-19-. The van der Waals surface area contributed by atoms with Gasteiger partial charge in [0, 0.05) is 0 Å². The molecule has 0 aliphatic rings. The zero-order chi connectivity index (χ0) is 31.1. The van der Waals surface area contributed by atoms with Crippen molar-refractivity contribution in [3.05, 3.63) is 117 Å². The third-order valence-electron chi connectivity index (χ3n) is 6.68. The zero-order valence-corrected chi connectivity index (χ0v) is 27.1. The van der Waals surface area contributed by atoms with Gasteiger partial charge in [0.05, 0.1) is 28.4 Å². The van der Waals surface area contributed by atoms with Gasteiger partial charge in [-0.1, -0.05) is 65.2 Å². The van der Waals surface area contributed by atoms with Crippen LogP contribution in [0, 0.1) is 27.7 Å². The van der Waals surface area contributed by atoms with Gasteiger partial charge in [0.1, 0.15) is 13.2 Å². The largest absolute Gasteiger partial charge is 0.493 e. The van der Waals surface area contributed by atoms with Gasteiger partial charge in [-0.15, -0.1) is 0 Å². The average molecular weight is 665 g/mol. The molecule has 8 nitrogen and oxygen atoms in total. The molecular formula is C33H34BrN3O5S. The molecule has 4 rings (SSSR count). The lowest BCUT2D eigenvalue weighted by Crippen LogP contribution is -2.40. The van der Waals surface area contributed by atoms with Crippen LogP contribution in [0.4, 0.5) is 5.69 Å². The number of nitrogens with one attached hydrogen (secondary N) is 1. The summed E-state index contributed by atoms with van der Waals surface area (Å²) in [6, 6.07) is 23.5. The van der Waals surface area contributed by atoms with Gasteiger partial charge in [0.25, 0.3) is 15.9 Å². The third kappa shape index (κ3) is 8.03. The molecule has 1 amide bonds. The molecule has 0 radical (unpaired) electrons. The van der Waals surface area contributed by atoms with Crippen molar-refractivity contribution in [2.24, 2.45) is 5.10 Å². The van der Waals surface area contributed by atoms with E-state index in [1.165, 1.54) is 23.9 Å². The van der Waals surface area contributed by atoms with Gasteiger partial charge >= 0.3 is 0 Å². The Morgan fingerprint density at radius 3 is 2.16 bits per heavy atom. The Balaban J connectivity index is 1.50. The molecule has 0 spiro atoms. The molecule has 43 heavy (non-hydrogen) atoms. The number of carbonyl (C=O) groups excluding carboxylic acids is 1. The summed E-state index contributed by atoms with van der Waals surface area (Å²) in [7, 11) is -2.50. The number of methoxy groups -OCH3 is 1. The molecule has 1 N–H and O–H groups in total. The molecule has 0 atom stereocenters. The first-order valence-electron chi connectivity index (χ1n) is 13.5. The number of amides is 1. The second-order valence-electron chi connectivity index (χ2n) is 10.2. The van der Waals surface area contributed by atoms with Crippen LogP contribution in [0.25, 0.3) is 0 Å². The number of hydrazone groups is 1. The number of ether oxygens (including phenoxy) is 2. The molecule has 0 saturated carbocycles. The number of halogens is 1. The predicted octanol–water partition coefficient (Wildman–Crippen LogP) is 6.62. The summed E-state index contributed by atoms with van der Waals surface area (Å²) in [6.45, 7) is 7.55. The van der Waals surface area contributed by atoms with E-state index >= 15 is 0 Å². The SMILES string of the molecule is COc1cc(/C=N\NC(=O)CN(c2ccc(C)cc2C)S(=O)(=O)c2ccc(C)cc2)cc(Br)c1OCc1ccc(C)cc1. The number of sulfonamides is 1. The lowest BCUT2D eigenvalue weighted by molar-refractivity contribution is -0.119. The maximum atomic E-state index is 13.7. The highest BCUT2D eigenvalue weighted by atomic mass is 79.9. The second-order valence-corrected chi connectivity index (χ2v) is 12.9. The van der Waals surface area contributed by atoms with Crippen molar-refractivity contribution in [1.29, 1.82) is 0 Å². The molecule has 10 heteroatoms. The van der Waals surface area contributed by atoms with Gasteiger partial charge in [0.2, 0.25) is 0 Å². The molecule has 0 heterocycles. The van der Waals surface area contributed by atoms with Crippen LogP contribution in [-0.4, -0.2) is 34.2 Å². The van der Waals surface area contributed by atoms with Crippen molar-refractivity contribution < 1.29 is 22.7 Å². The van der Waals surface area contributed by atoms with E-state index < -0.39 is 22.5 Å². The van der Waals surface area contributed by atoms with Gasteiger partial charge in [0.15, 0.2) is 11.5 Å². The summed E-state index contributed by atoms with van der Waals surface area (Å²) >= 11 is 3.54. The normalized spacial score (nSPS) is 11.4. The predicted molar refractivity (Wildman–Crippen MR) is 174 cm³/mol. The molecule has 0 fully saturated rings. The van der Waals surface area contributed by atoms with Crippen LogP contribution >= 0.6 is 15.9 Å². The minimum Gasteiger partial charge on any atom is -0.493 e. The number of nitrogens with zero attached hydrogens (tertiary/aromatic N) is 2. The van der Waals surface area contributed by atoms with E-state index in [9.17, 15) is 13.2 Å². The lowest BCUT2D eigenvalue weighted by atomic mass is 10.1. The van der Waals surface area contributed by atoms with Gasteiger partial charge in [-0.2, -0.15) is 5.10 Å². The summed E-state index contributed by atoms with van der Waals surface area (Å²) in [5.41, 5.74) is 8.33. The van der Waals surface area contributed by atoms with Crippen LogP contribution in [0.15, 0.2) is 93.3 Å². The lowest BCUT2D eigenvalue weighted by Gasteiger charge is -2.25. The third-order valence-corrected chi connectivity index (χ3v) is 9.04. The van der Waals surface area contributed by atoms with Crippen LogP contribution in [0.3, 0.4) is 0 Å². The van der Waals surface area contributed by atoms with E-state index in [0.29, 0.717) is 33.8 Å². The van der Waals surface area contributed by atoms with E-state index in [2.05, 4.69) is 26.5 Å². The Morgan fingerprint density at radius 2 is 1.53 bits per heavy atom. The van der Waals surface area contributed by atoms with Gasteiger partial charge < -0.3 is 9.47 Å². The minimum atomic E-state index is -4.04. The van der Waals surface area contributed by atoms with Gasteiger partial charge in [-0.25, -0.2) is 13.8 Å². The topological polar surface area (TPSA) is 97.3 Å². The van der Waals surface area contributed by atoms with Crippen LogP contribution in [0.5, 0.6) is 11.5 Å². The van der Waals surface area contributed by atoms with Crippen LogP contribution in [0.1, 0.15) is 33.4 Å². The Morgan fingerprint density at radius 1 is 0.907 bits per heavy atom. The van der Waals surface area contributed by atoms with Crippen molar-refractivity contribution in [2.75, 3.05) is 18.0 Å². The summed E-state index contributed by atoms with van der Waals surface area (Å²) < 4.78 is 40.7. The van der Waals surface area contributed by atoms with E-state index in [1.54, 1.807) is 37.4 Å². The Bertz CT molecular complexity index is 1740. The fourth-order valence-electron chi connectivity index (χ4n) is 4.36. The summed E-state index contributed by atoms with van der Waals surface area (Å²) in [5.74, 6) is 0.421. The number of hydrogen-bond acceptors (Lipinski definition) is 6. The van der Waals surface area contributed by atoms with E-state index in [1.807, 2.05) is 64.1 Å². The number of anilines is 1. The summed E-state index contributed by atoms with van der Waals surface area (Å²) in [4.78, 5) is 13.1. The summed E-state index contributed by atoms with van der Waals surface area (Å²) in [6.07, 6.45) is 1.45. The van der Waals surface area contributed by atoms with Crippen LogP contribution in [0.2, 0.25) is 0 Å². The molecule has 0 aliphatic carbocycles. The highest BCUT2D eigenvalue weighted by Gasteiger charge is 2.28. The van der Waals surface area contributed by atoms with Gasteiger partial charge in [-0.3, -0.25) is 9.10 Å². The quantitative estimate of drug-likeness (QED) is 0.144. The van der Waals surface area contributed by atoms with Crippen LogP contribution < -0.4 is 19.2 Å².